The minimum absolute atomic E-state index is 1.20. The summed E-state index contributed by atoms with van der Waals surface area (Å²) in [7, 11) is 0. The fraction of sp³-hybridized carbons (Fsp3) is 0.333. The number of hydrogen-bond acceptors (Lipinski definition) is 0. The number of benzene rings is 2. The molecule has 0 heterocycles. The van der Waals surface area contributed by atoms with E-state index in [0.717, 1.165) is 0 Å². The van der Waals surface area contributed by atoms with Gasteiger partial charge in [-0.1, -0.05) is 44.0 Å². The summed E-state index contributed by atoms with van der Waals surface area (Å²) in [5.41, 5.74) is 9.25. The molecular formula is C18H16Br2. The summed E-state index contributed by atoms with van der Waals surface area (Å²) >= 11 is 7.53. The molecule has 102 valence electrons. The molecule has 20 heavy (non-hydrogen) atoms. The van der Waals surface area contributed by atoms with E-state index in [-0.39, 0.29) is 0 Å². The van der Waals surface area contributed by atoms with Gasteiger partial charge in [-0.2, -0.15) is 0 Å². The van der Waals surface area contributed by atoms with Crippen LogP contribution in [0.5, 0.6) is 0 Å². The summed E-state index contributed by atoms with van der Waals surface area (Å²) in [4.78, 5) is 0. The monoisotopic (exact) mass is 390 g/mol. The van der Waals surface area contributed by atoms with Crippen molar-refractivity contribution in [1.82, 2.24) is 0 Å². The first kappa shape index (κ1) is 13.1. The molecule has 0 fully saturated rings. The van der Waals surface area contributed by atoms with Crippen LogP contribution in [0.2, 0.25) is 0 Å². The van der Waals surface area contributed by atoms with E-state index in [0.29, 0.717) is 0 Å². The Kier molecular flexibility index (Phi) is 3.27. The minimum Gasteiger partial charge on any atom is -0.0530 e. The van der Waals surface area contributed by atoms with Crippen LogP contribution in [-0.4, -0.2) is 0 Å². The lowest BCUT2D eigenvalue weighted by molar-refractivity contribution is 0.735. The molecule has 0 radical (unpaired) electrons. The van der Waals surface area contributed by atoms with Crippen LogP contribution in [0.3, 0.4) is 0 Å². The average Bonchev–Trinajstić information content (AvgIpc) is 2.43. The van der Waals surface area contributed by atoms with E-state index in [4.69, 9.17) is 0 Å². The molecule has 0 unspecified atom stereocenters. The van der Waals surface area contributed by atoms with Gasteiger partial charge in [0, 0.05) is 8.95 Å². The Labute approximate surface area is 136 Å². The molecule has 2 aromatic carbocycles. The number of rotatable bonds is 0. The first-order valence-corrected chi connectivity index (χ1v) is 8.95. The van der Waals surface area contributed by atoms with Gasteiger partial charge in [-0.3, -0.25) is 0 Å². The fourth-order valence-electron chi connectivity index (χ4n) is 3.83. The van der Waals surface area contributed by atoms with Gasteiger partial charge in [0.1, 0.15) is 0 Å². The van der Waals surface area contributed by atoms with Crippen molar-refractivity contribution in [2.75, 3.05) is 0 Å². The van der Waals surface area contributed by atoms with Crippen LogP contribution >= 0.6 is 31.9 Å². The van der Waals surface area contributed by atoms with E-state index in [1.807, 2.05) is 0 Å². The number of hydrogen-bond donors (Lipinski definition) is 0. The smallest absolute Gasteiger partial charge is 0.0210 e. The SMILES string of the molecule is Brc1ccc2c3c1CCCc1c-2ccc(Br)c1CCC3. The van der Waals surface area contributed by atoms with Crippen molar-refractivity contribution in [3.63, 3.8) is 0 Å². The van der Waals surface area contributed by atoms with Gasteiger partial charge in [-0.25, -0.2) is 0 Å². The highest BCUT2D eigenvalue weighted by molar-refractivity contribution is 9.10. The van der Waals surface area contributed by atoms with Crippen molar-refractivity contribution < 1.29 is 0 Å². The normalized spacial score (nSPS) is 16.3. The first-order valence-electron chi connectivity index (χ1n) is 7.36. The molecule has 2 aliphatic carbocycles. The van der Waals surface area contributed by atoms with Crippen LogP contribution in [0.4, 0.5) is 0 Å². The maximum atomic E-state index is 3.77. The van der Waals surface area contributed by atoms with Gasteiger partial charge in [0.05, 0.1) is 0 Å². The quantitative estimate of drug-likeness (QED) is 0.527. The molecule has 0 N–H and O–H groups in total. The van der Waals surface area contributed by atoms with Crippen molar-refractivity contribution in [1.29, 1.82) is 0 Å². The van der Waals surface area contributed by atoms with Crippen LogP contribution in [-0.2, 0) is 25.7 Å². The lowest BCUT2D eigenvalue weighted by Gasteiger charge is -2.27. The largest absolute Gasteiger partial charge is 0.0530 e. The standard InChI is InChI=1S/C18H16Br2/c19-17-9-8-14-12-4-2-6-16-11(3-1-5-15(12)17)13(14)7-10-18(16)20/h7-10H,1-6H2. The van der Waals surface area contributed by atoms with Gasteiger partial charge < -0.3 is 0 Å². The highest BCUT2D eigenvalue weighted by Crippen LogP contribution is 2.42. The van der Waals surface area contributed by atoms with E-state index in [9.17, 15) is 0 Å². The molecule has 2 aromatic rings. The third kappa shape index (κ3) is 1.92. The predicted molar refractivity (Wildman–Crippen MR) is 91.3 cm³/mol. The molecule has 0 saturated heterocycles. The summed E-state index contributed by atoms with van der Waals surface area (Å²) in [6.07, 6.45) is 7.33. The molecule has 0 aliphatic heterocycles. The van der Waals surface area contributed by atoms with E-state index >= 15 is 0 Å². The Morgan fingerprint density at radius 3 is 1.40 bits per heavy atom. The maximum Gasteiger partial charge on any atom is 0.0210 e. The molecule has 6 bridgehead atoms. The highest BCUT2D eigenvalue weighted by atomic mass is 79.9. The van der Waals surface area contributed by atoms with Crippen LogP contribution in [0.25, 0.3) is 11.1 Å². The Bertz CT molecular complexity index is 640. The molecule has 2 heteroatoms. The van der Waals surface area contributed by atoms with Crippen molar-refractivity contribution in [2.24, 2.45) is 0 Å². The average molecular weight is 392 g/mol. The van der Waals surface area contributed by atoms with E-state index in [1.165, 1.54) is 58.6 Å². The summed E-state index contributed by atoms with van der Waals surface area (Å²) in [6, 6.07) is 9.12. The van der Waals surface area contributed by atoms with Crippen molar-refractivity contribution in [3.05, 3.63) is 55.5 Å². The Morgan fingerprint density at radius 2 is 0.950 bits per heavy atom. The minimum atomic E-state index is 1.20. The molecular weight excluding hydrogens is 376 g/mol. The molecule has 0 saturated carbocycles. The first-order chi connectivity index (χ1) is 9.75. The van der Waals surface area contributed by atoms with Crippen LogP contribution in [0, 0.1) is 0 Å². The zero-order chi connectivity index (χ0) is 13.7. The third-order valence-electron chi connectivity index (χ3n) is 4.75. The second kappa shape index (κ2) is 4.99. The van der Waals surface area contributed by atoms with E-state index < -0.39 is 0 Å². The van der Waals surface area contributed by atoms with E-state index in [1.54, 1.807) is 22.3 Å². The topological polar surface area (TPSA) is 0 Å². The molecule has 0 amide bonds. The molecule has 0 spiro atoms. The summed E-state index contributed by atoms with van der Waals surface area (Å²) in [5.74, 6) is 0. The van der Waals surface area contributed by atoms with Crippen molar-refractivity contribution >= 4 is 31.9 Å². The van der Waals surface area contributed by atoms with Gasteiger partial charge in [0.2, 0.25) is 0 Å². The Balaban J connectivity index is 2.11. The summed E-state index contributed by atoms with van der Waals surface area (Å²) in [6.45, 7) is 0. The van der Waals surface area contributed by atoms with Gasteiger partial charge in [-0.05, 0) is 84.0 Å². The molecule has 0 aromatic heterocycles. The van der Waals surface area contributed by atoms with Gasteiger partial charge in [0.15, 0.2) is 0 Å². The maximum absolute atomic E-state index is 3.77. The van der Waals surface area contributed by atoms with Crippen LogP contribution in [0.1, 0.15) is 35.1 Å². The highest BCUT2D eigenvalue weighted by Gasteiger charge is 2.23. The van der Waals surface area contributed by atoms with Crippen molar-refractivity contribution in [3.8, 4) is 11.1 Å². The number of halogens is 2. The van der Waals surface area contributed by atoms with Gasteiger partial charge in [-0.15, -0.1) is 0 Å². The second-order valence-corrected chi connectivity index (χ2v) is 7.52. The molecule has 4 rings (SSSR count). The van der Waals surface area contributed by atoms with E-state index in [2.05, 4.69) is 56.1 Å². The zero-order valence-electron chi connectivity index (χ0n) is 11.3. The Morgan fingerprint density at radius 1 is 0.550 bits per heavy atom. The predicted octanol–water partition coefficient (Wildman–Crippen LogP) is 5.86. The summed E-state index contributed by atoms with van der Waals surface area (Å²) < 4.78 is 2.61. The fourth-order valence-corrected chi connectivity index (χ4v) is 4.97. The van der Waals surface area contributed by atoms with Gasteiger partial charge >= 0.3 is 0 Å². The molecule has 2 aliphatic rings. The Hall–Kier alpha value is -0.600. The lowest BCUT2D eigenvalue weighted by Crippen LogP contribution is -2.11. The van der Waals surface area contributed by atoms with Crippen molar-refractivity contribution in [2.45, 2.75) is 38.5 Å². The summed E-state index contributed by atoms with van der Waals surface area (Å²) in [5, 5.41) is 0. The third-order valence-corrected chi connectivity index (χ3v) is 6.23. The molecule has 0 atom stereocenters. The second-order valence-electron chi connectivity index (χ2n) is 5.81. The zero-order valence-corrected chi connectivity index (χ0v) is 14.5. The van der Waals surface area contributed by atoms with Gasteiger partial charge in [0.25, 0.3) is 0 Å². The van der Waals surface area contributed by atoms with Crippen LogP contribution < -0.4 is 0 Å². The molecule has 0 nitrogen and oxygen atoms in total. The van der Waals surface area contributed by atoms with Crippen LogP contribution in [0.15, 0.2) is 33.2 Å². The lowest BCUT2D eigenvalue weighted by atomic mass is 9.79.